The minimum atomic E-state index is -4.46. The van der Waals surface area contributed by atoms with E-state index in [1.165, 1.54) is 18.5 Å². The van der Waals surface area contributed by atoms with Gasteiger partial charge in [-0.1, -0.05) is 0 Å². The number of carbonyl (C=O) groups is 1. The molecule has 25 heavy (non-hydrogen) atoms. The number of nitrogens with zero attached hydrogens (tertiary/aromatic N) is 1. The summed E-state index contributed by atoms with van der Waals surface area (Å²) in [6.45, 7) is 1.86. The van der Waals surface area contributed by atoms with Crippen LogP contribution in [0.25, 0.3) is 10.2 Å². The number of carbonyl (C=O) groups excluding carboxylic acids is 1. The van der Waals surface area contributed by atoms with Crippen molar-refractivity contribution >= 4 is 39.9 Å². The second kappa shape index (κ2) is 6.10. The zero-order valence-electron chi connectivity index (χ0n) is 13.4. The van der Waals surface area contributed by atoms with Gasteiger partial charge in [-0.3, -0.25) is 9.78 Å². The molecular weight excluding hydrogens is 375 g/mol. The molecule has 1 amide bonds. The maximum atomic E-state index is 13.5. The lowest BCUT2D eigenvalue weighted by Gasteiger charge is -2.54. The van der Waals surface area contributed by atoms with Gasteiger partial charge in [-0.2, -0.15) is 13.2 Å². The third-order valence-corrected chi connectivity index (χ3v) is 6.10. The Labute approximate surface area is 152 Å². The van der Waals surface area contributed by atoms with Gasteiger partial charge in [0.25, 0.3) is 5.91 Å². The van der Waals surface area contributed by atoms with Gasteiger partial charge in [0.2, 0.25) is 0 Å². The quantitative estimate of drug-likeness (QED) is 0.823. The number of amides is 1. The standard InChI is InChI=1S/C16H16F3N3OS.ClH/c1-20-14(23)9-5-24-13-10(16(17,18)19)2-11(22-12(9)13)8-3-15(4-8)6-21-7-15;/h2,5,8,21H,3-4,6-7H2,1H3,(H,20,23);1H. The predicted molar refractivity (Wildman–Crippen MR) is 92.5 cm³/mol. The molecular formula is C16H17ClF3N3OS. The molecule has 1 saturated heterocycles. The second-order valence-electron chi connectivity index (χ2n) is 6.71. The first kappa shape index (κ1) is 18.4. The summed E-state index contributed by atoms with van der Waals surface area (Å²) in [6, 6.07) is 1.18. The highest BCUT2D eigenvalue weighted by Gasteiger charge is 2.49. The van der Waals surface area contributed by atoms with Crippen molar-refractivity contribution in [1.29, 1.82) is 0 Å². The normalized spacial score (nSPS) is 19.2. The number of fused-ring (bicyclic) bond motifs is 1. The van der Waals surface area contributed by atoms with Crippen molar-refractivity contribution in [2.24, 2.45) is 5.41 Å². The summed E-state index contributed by atoms with van der Waals surface area (Å²) in [4.78, 5) is 16.4. The number of aromatic nitrogens is 1. The largest absolute Gasteiger partial charge is 0.417 e. The van der Waals surface area contributed by atoms with Gasteiger partial charge in [0.1, 0.15) is 0 Å². The van der Waals surface area contributed by atoms with Crippen molar-refractivity contribution in [3.05, 3.63) is 28.3 Å². The summed E-state index contributed by atoms with van der Waals surface area (Å²) in [5.74, 6) is -0.373. The fourth-order valence-electron chi connectivity index (χ4n) is 3.71. The van der Waals surface area contributed by atoms with E-state index in [9.17, 15) is 18.0 Å². The average Bonchev–Trinajstić information content (AvgIpc) is 2.85. The number of halogens is 4. The van der Waals surface area contributed by atoms with Crippen molar-refractivity contribution in [2.75, 3.05) is 20.1 Å². The Balaban J connectivity index is 0.00000182. The van der Waals surface area contributed by atoms with Crippen LogP contribution in [0.5, 0.6) is 0 Å². The van der Waals surface area contributed by atoms with E-state index in [0.717, 1.165) is 37.3 Å². The third-order valence-electron chi connectivity index (χ3n) is 5.10. The van der Waals surface area contributed by atoms with Crippen LogP contribution >= 0.6 is 23.7 Å². The number of nitrogens with one attached hydrogen (secondary N) is 2. The number of hydrogen-bond acceptors (Lipinski definition) is 4. The number of alkyl halides is 3. The van der Waals surface area contributed by atoms with Crippen molar-refractivity contribution < 1.29 is 18.0 Å². The molecule has 1 aliphatic carbocycles. The Morgan fingerprint density at radius 3 is 2.60 bits per heavy atom. The summed E-state index contributed by atoms with van der Waals surface area (Å²) >= 11 is 0.919. The Kier molecular flexibility index (Phi) is 4.50. The van der Waals surface area contributed by atoms with Crippen LogP contribution in [0.3, 0.4) is 0 Å². The summed E-state index contributed by atoms with van der Waals surface area (Å²) in [5.41, 5.74) is 0.394. The monoisotopic (exact) mass is 391 g/mol. The Morgan fingerprint density at radius 1 is 1.40 bits per heavy atom. The molecule has 2 aromatic rings. The van der Waals surface area contributed by atoms with Crippen molar-refractivity contribution in [2.45, 2.75) is 24.9 Å². The predicted octanol–water partition coefficient (Wildman–Crippen LogP) is 3.56. The average molecular weight is 392 g/mol. The van der Waals surface area contributed by atoms with Gasteiger partial charge in [-0.25, -0.2) is 0 Å². The van der Waals surface area contributed by atoms with Crippen LogP contribution in [0.15, 0.2) is 11.4 Å². The molecule has 0 radical (unpaired) electrons. The van der Waals surface area contributed by atoms with E-state index < -0.39 is 17.6 Å². The molecule has 2 N–H and O–H groups in total. The molecule has 136 valence electrons. The minimum Gasteiger partial charge on any atom is -0.355 e. The Bertz CT molecular complexity index is 824. The van der Waals surface area contributed by atoms with E-state index in [1.807, 2.05) is 0 Å². The first-order valence-corrected chi connectivity index (χ1v) is 8.63. The van der Waals surface area contributed by atoms with E-state index in [4.69, 9.17) is 0 Å². The molecule has 4 rings (SSSR count). The first-order valence-electron chi connectivity index (χ1n) is 7.75. The molecule has 2 aliphatic rings. The molecule has 9 heteroatoms. The number of thiophene rings is 1. The lowest BCUT2D eigenvalue weighted by Crippen LogP contribution is -2.59. The summed E-state index contributed by atoms with van der Waals surface area (Å²) in [7, 11) is 1.46. The lowest BCUT2D eigenvalue weighted by molar-refractivity contribution is -0.136. The SMILES string of the molecule is CNC(=O)c1csc2c(C(F)(F)F)cc(C3CC4(CNC4)C3)nc12.Cl. The number of pyridine rings is 1. The van der Waals surface area contributed by atoms with Crippen LogP contribution in [0.2, 0.25) is 0 Å². The molecule has 3 heterocycles. The van der Waals surface area contributed by atoms with Gasteiger partial charge >= 0.3 is 6.18 Å². The fourth-order valence-corrected chi connectivity index (χ4v) is 4.73. The van der Waals surface area contributed by atoms with Gasteiger partial charge in [0.05, 0.1) is 21.3 Å². The van der Waals surface area contributed by atoms with Crippen LogP contribution in [0.4, 0.5) is 13.2 Å². The summed E-state index contributed by atoms with van der Waals surface area (Å²) in [5, 5.41) is 7.13. The van der Waals surface area contributed by atoms with Crippen LogP contribution in [-0.2, 0) is 6.18 Å². The van der Waals surface area contributed by atoms with Crippen LogP contribution in [-0.4, -0.2) is 31.0 Å². The van der Waals surface area contributed by atoms with E-state index in [2.05, 4.69) is 15.6 Å². The maximum absolute atomic E-state index is 13.5. The van der Waals surface area contributed by atoms with Crippen LogP contribution < -0.4 is 10.6 Å². The lowest BCUT2D eigenvalue weighted by atomic mass is 9.57. The molecule has 2 fully saturated rings. The molecule has 1 saturated carbocycles. The molecule has 4 nitrogen and oxygen atoms in total. The summed E-state index contributed by atoms with van der Waals surface area (Å²) in [6.07, 6.45) is -2.75. The Morgan fingerprint density at radius 2 is 2.08 bits per heavy atom. The fraction of sp³-hybridized carbons (Fsp3) is 0.500. The zero-order valence-corrected chi connectivity index (χ0v) is 15.0. The van der Waals surface area contributed by atoms with Gasteiger partial charge in [-0.05, 0) is 24.3 Å². The second-order valence-corrected chi connectivity index (χ2v) is 7.59. The summed E-state index contributed by atoms with van der Waals surface area (Å²) < 4.78 is 40.5. The highest BCUT2D eigenvalue weighted by molar-refractivity contribution is 7.17. The van der Waals surface area contributed by atoms with Crippen molar-refractivity contribution in [3.8, 4) is 0 Å². The first-order chi connectivity index (χ1) is 11.3. The number of hydrogen-bond donors (Lipinski definition) is 2. The van der Waals surface area contributed by atoms with E-state index >= 15 is 0 Å². The maximum Gasteiger partial charge on any atom is 0.417 e. The van der Waals surface area contributed by atoms with E-state index in [-0.39, 0.29) is 39.5 Å². The van der Waals surface area contributed by atoms with Gasteiger partial charge < -0.3 is 10.6 Å². The van der Waals surface area contributed by atoms with E-state index in [1.54, 1.807) is 0 Å². The van der Waals surface area contributed by atoms with Crippen LogP contribution in [0, 0.1) is 5.41 Å². The Hall–Kier alpha value is -1.38. The van der Waals surface area contributed by atoms with Crippen LogP contribution in [0.1, 0.15) is 40.4 Å². The smallest absolute Gasteiger partial charge is 0.355 e. The highest BCUT2D eigenvalue weighted by atomic mass is 35.5. The molecule has 0 atom stereocenters. The third kappa shape index (κ3) is 2.90. The van der Waals surface area contributed by atoms with Gasteiger partial charge in [0.15, 0.2) is 0 Å². The highest BCUT2D eigenvalue weighted by Crippen LogP contribution is 2.53. The molecule has 2 aromatic heterocycles. The molecule has 1 spiro atoms. The molecule has 1 aliphatic heterocycles. The van der Waals surface area contributed by atoms with Gasteiger partial charge in [0, 0.05) is 37.1 Å². The van der Waals surface area contributed by atoms with Crippen molar-refractivity contribution in [3.63, 3.8) is 0 Å². The van der Waals surface area contributed by atoms with Gasteiger partial charge in [-0.15, -0.1) is 23.7 Å². The molecule has 0 aromatic carbocycles. The molecule has 0 unspecified atom stereocenters. The number of rotatable bonds is 2. The zero-order chi connectivity index (χ0) is 17.1. The minimum absolute atomic E-state index is 0. The molecule has 0 bridgehead atoms. The van der Waals surface area contributed by atoms with E-state index in [0.29, 0.717) is 5.69 Å². The topological polar surface area (TPSA) is 54.0 Å². The van der Waals surface area contributed by atoms with Crippen molar-refractivity contribution in [1.82, 2.24) is 15.6 Å².